The van der Waals surface area contributed by atoms with Crippen LogP contribution >= 0.6 is 11.6 Å². The maximum atomic E-state index is 6.20. The van der Waals surface area contributed by atoms with Gasteiger partial charge in [0.25, 0.3) is 0 Å². The van der Waals surface area contributed by atoms with Crippen LogP contribution in [0.2, 0.25) is 5.02 Å². The lowest BCUT2D eigenvalue weighted by Gasteiger charge is -2.20. The van der Waals surface area contributed by atoms with Crippen LogP contribution in [-0.4, -0.2) is 43.1 Å². The summed E-state index contributed by atoms with van der Waals surface area (Å²) in [5.41, 5.74) is 1.03. The Morgan fingerprint density at radius 1 is 1.05 bits per heavy atom. The highest BCUT2D eigenvalue weighted by atomic mass is 35.5. The molecule has 7 heteroatoms. The molecule has 21 heavy (non-hydrogen) atoms. The highest BCUT2D eigenvalue weighted by Gasteiger charge is 2.12. The molecule has 1 heterocycles. The van der Waals surface area contributed by atoms with E-state index in [2.05, 4.69) is 20.3 Å². The van der Waals surface area contributed by atoms with Crippen LogP contribution in [0.5, 0.6) is 0 Å². The summed E-state index contributed by atoms with van der Waals surface area (Å²) in [4.78, 5) is 16.9. The first-order valence-electron chi connectivity index (χ1n) is 6.57. The second-order valence-electron chi connectivity index (χ2n) is 4.85. The molecule has 0 amide bonds. The van der Waals surface area contributed by atoms with Gasteiger partial charge in [-0.3, -0.25) is 0 Å². The number of nitrogens with one attached hydrogen (secondary N) is 1. The fourth-order valence-corrected chi connectivity index (χ4v) is 1.98. The van der Waals surface area contributed by atoms with Gasteiger partial charge in [0.05, 0.1) is 0 Å². The lowest BCUT2D eigenvalue weighted by molar-refractivity contribution is 0.844. The second-order valence-corrected chi connectivity index (χ2v) is 5.26. The highest BCUT2D eigenvalue weighted by molar-refractivity contribution is 6.31. The van der Waals surface area contributed by atoms with Gasteiger partial charge in [-0.15, -0.1) is 0 Å². The molecule has 2 rings (SSSR count). The van der Waals surface area contributed by atoms with E-state index in [9.17, 15) is 0 Å². The van der Waals surface area contributed by atoms with E-state index >= 15 is 0 Å². The average Bonchev–Trinajstić information content (AvgIpc) is 2.49. The van der Waals surface area contributed by atoms with Crippen LogP contribution in [0.1, 0.15) is 5.56 Å². The van der Waals surface area contributed by atoms with Gasteiger partial charge in [0, 0.05) is 39.8 Å². The Morgan fingerprint density at radius 2 is 1.71 bits per heavy atom. The zero-order chi connectivity index (χ0) is 15.4. The molecule has 0 atom stereocenters. The zero-order valence-electron chi connectivity index (χ0n) is 12.6. The van der Waals surface area contributed by atoms with Gasteiger partial charge >= 0.3 is 0 Å². The predicted molar refractivity (Wildman–Crippen MR) is 87.3 cm³/mol. The van der Waals surface area contributed by atoms with E-state index < -0.39 is 0 Å². The number of nitrogens with zero attached hydrogens (tertiary/aromatic N) is 5. The molecule has 1 aromatic heterocycles. The number of rotatable bonds is 5. The molecular formula is C14H19ClN6. The molecule has 0 fully saturated rings. The van der Waals surface area contributed by atoms with E-state index in [0.717, 1.165) is 10.6 Å². The first-order valence-corrected chi connectivity index (χ1v) is 6.94. The third-order valence-corrected chi connectivity index (χ3v) is 3.31. The van der Waals surface area contributed by atoms with Gasteiger partial charge in [-0.25, -0.2) is 0 Å². The highest BCUT2D eigenvalue weighted by Crippen LogP contribution is 2.20. The summed E-state index contributed by atoms with van der Waals surface area (Å²) in [6.07, 6.45) is 0. The molecule has 1 aromatic carbocycles. The Bertz CT molecular complexity index is 616. The van der Waals surface area contributed by atoms with Gasteiger partial charge in [0.2, 0.25) is 17.8 Å². The summed E-state index contributed by atoms with van der Waals surface area (Å²) in [6, 6.07) is 7.75. The fraction of sp³-hybridized carbons (Fsp3) is 0.357. The third kappa shape index (κ3) is 3.72. The summed E-state index contributed by atoms with van der Waals surface area (Å²) in [7, 11) is 7.50. The summed E-state index contributed by atoms with van der Waals surface area (Å²) < 4.78 is 0. The van der Waals surface area contributed by atoms with Crippen molar-refractivity contribution in [2.75, 3.05) is 43.3 Å². The Hall–Kier alpha value is -2.08. The van der Waals surface area contributed by atoms with Crippen LogP contribution in [-0.2, 0) is 6.54 Å². The van der Waals surface area contributed by atoms with Crippen molar-refractivity contribution in [3.63, 3.8) is 0 Å². The molecule has 6 nitrogen and oxygen atoms in total. The summed E-state index contributed by atoms with van der Waals surface area (Å²) >= 11 is 6.20. The van der Waals surface area contributed by atoms with Crippen molar-refractivity contribution in [2.45, 2.75) is 6.54 Å². The summed E-state index contributed by atoms with van der Waals surface area (Å²) in [5, 5.41) is 3.69. The molecule has 0 spiro atoms. The van der Waals surface area contributed by atoms with Crippen molar-refractivity contribution in [2.24, 2.45) is 0 Å². The number of benzene rings is 1. The maximum absolute atomic E-state index is 6.20. The average molecular weight is 307 g/mol. The largest absolute Gasteiger partial charge is 0.357 e. The van der Waals surface area contributed by atoms with Crippen molar-refractivity contribution >= 4 is 29.4 Å². The van der Waals surface area contributed by atoms with E-state index in [1.807, 2.05) is 55.2 Å². The zero-order valence-corrected chi connectivity index (χ0v) is 13.4. The van der Waals surface area contributed by atoms with Crippen molar-refractivity contribution in [3.05, 3.63) is 34.9 Å². The quantitative estimate of drug-likeness (QED) is 0.914. The minimum atomic E-state index is 0.537. The molecule has 0 aliphatic rings. The molecule has 0 radical (unpaired) electrons. The van der Waals surface area contributed by atoms with Gasteiger partial charge in [-0.05, 0) is 11.6 Å². The molecule has 0 saturated heterocycles. The molecular weight excluding hydrogens is 288 g/mol. The van der Waals surface area contributed by atoms with E-state index in [1.165, 1.54) is 0 Å². The van der Waals surface area contributed by atoms with Crippen LogP contribution in [0.4, 0.5) is 17.8 Å². The predicted octanol–water partition coefficient (Wildman–Crippen LogP) is 2.27. The number of halogens is 1. The molecule has 0 aliphatic heterocycles. The lowest BCUT2D eigenvalue weighted by Crippen LogP contribution is -2.22. The third-order valence-electron chi connectivity index (χ3n) is 2.94. The minimum Gasteiger partial charge on any atom is -0.357 e. The topological polar surface area (TPSA) is 57.2 Å². The first kappa shape index (κ1) is 15.3. The molecule has 112 valence electrons. The van der Waals surface area contributed by atoms with Crippen LogP contribution in [0.15, 0.2) is 24.3 Å². The van der Waals surface area contributed by atoms with Crippen molar-refractivity contribution in [1.82, 2.24) is 15.0 Å². The van der Waals surface area contributed by atoms with Gasteiger partial charge in [-0.1, -0.05) is 29.8 Å². The molecule has 0 unspecified atom stereocenters. The molecule has 0 saturated carbocycles. The number of aromatic nitrogens is 3. The van der Waals surface area contributed by atoms with Crippen molar-refractivity contribution < 1.29 is 0 Å². The Labute approximate surface area is 129 Å². The van der Waals surface area contributed by atoms with Gasteiger partial charge in [0.1, 0.15) is 0 Å². The minimum absolute atomic E-state index is 0.537. The van der Waals surface area contributed by atoms with Gasteiger partial charge in [-0.2, -0.15) is 15.0 Å². The van der Waals surface area contributed by atoms with Crippen LogP contribution in [0.25, 0.3) is 0 Å². The summed E-state index contributed by atoms with van der Waals surface area (Å²) in [6.45, 7) is 0.625. The van der Waals surface area contributed by atoms with Gasteiger partial charge < -0.3 is 15.1 Å². The van der Waals surface area contributed by atoms with E-state index in [-0.39, 0.29) is 0 Å². The van der Waals surface area contributed by atoms with Crippen LogP contribution in [0, 0.1) is 0 Å². The summed E-state index contributed by atoms with van der Waals surface area (Å²) in [5.74, 6) is 1.74. The first-order chi connectivity index (χ1) is 10.0. The fourth-order valence-electron chi connectivity index (χ4n) is 1.79. The van der Waals surface area contributed by atoms with Gasteiger partial charge in [0.15, 0.2) is 0 Å². The van der Waals surface area contributed by atoms with Crippen LogP contribution in [0.3, 0.4) is 0 Å². The van der Waals surface area contributed by atoms with E-state index in [0.29, 0.717) is 24.4 Å². The number of hydrogen-bond donors (Lipinski definition) is 1. The van der Waals surface area contributed by atoms with Crippen molar-refractivity contribution in [3.8, 4) is 0 Å². The monoisotopic (exact) mass is 306 g/mol. The van der Waals surface area contributed by atoms with Crippen molar-refractivity contribution in [1.29, 1.82) is 0 Å². The standard InChI is InChI=1S/C14H19ClN6/c1-16-12-17-13(20(2)3)19-14(18-12)21(4)9-10-7-5-6-8-11(10)15/h5-8H,9H2,1-4H3,(H,16,17,18,19). The van der Waals surface area contributed by atoms with E-state index in [4.69, 9.17) is 11.6 Å². The normalized spacial score (nSPS) is 10.3. The van der Waals surface area contributed by atoms with E-state index in [1.54, 1.807) is 7.05 Å². The SMILES string of the molecule is CNc1nc(N(C)C)nc(N(C)Cc2ccccc2Cl)n1. The Balaban J connectivity index is 2.28. The number of anilines is 3. The smallest absolute Gasteiger partial charge is 0.232 e. The number of hydrogen-bond acceptors (Lipinski definition) is 6. The molecule has 1 N–H and O–H groups in total. The lowest BCUT2D eigenvalue weighted by atomic mass is 10.2. The Kier molecular flexibility index (Phi) is 4.80. The second kappa shape index (κ2) is 6.58. The molecule has 0 aliphatic carbocycles. The molecule has 0 bridgehead atoms. The Morgan fingerprint density at radius 3 is 2.33 bits per heavy atom. The molecule has 2 aromatic rings. The maximum Gasteiger partial charge on any atom is 0.232 e. The van der Waals surface area contributed by atoms with Crippen LogP contribution < -0.4 is 15.1 Å².